The smallest absolute Gasteiger partial charge is 0.381 e. The predicted molar refractivity (Wildman–Crippen MR) is 311 cm³/mol. The zero-order valence-electron chi connectivity index (χ0n) is 42.9. The lowest BCUT2D eigenvalue weighted by Gasteiger charge is -2.19. The van der Waals surface area contributed by atoms with Gasteiger partial charge in [0.25, 0.3) is 0 Å². The van der Waals surface area contributed by atoms with Crippen LogP contribution in [0.4, 0.5) is 0 Å². The first-order valence-electron chi connectivity index (χ1n) is 25.9. The van der Waals surface area contributed by atoms with E-state index in [1.807, 2.05) is 121 Å². The molecule has 0 spiro atoms. The van der Waals surface area contributed by atoms with E-state index in [0.717, 1.165) is 66.4 Å². The van der Waals surface area contributed by atoms with Gasteiger partial charge in [-0.3, -0.25) is 15.0 Å². The first-order valence-corrected chi connectivity index (χ1v) is 25.9. The molecule has 0 saturated heterocycles. The summed E-state index contributed by atoms with van der Waals surface area (Å²) >= 11 is 0. The molecule has 5 heterocycles. The molecule has 0 fully saturated rings. The molecule has 0 saturated carbocycles. The number of carbonyl (C=O) groups is 2. The van der Waals surface area contributed by atoms with Gasteiger partial charge in [0.1, 0.15) is 23.0 Å². The van der Waals surface area contributed by atoms with Crippen molar-refractivity contribution in [2.24, 2.45) is 0 Å². The van der Waals surface area contributed by atoms with Crippen molar-refractivity contribution < 1.29 is 23.8 Å². The summed E-state index contributed by atoms with van der Waals surface area (Å²) in [4.78, 5) is 65.2. The summed E-state index contributed by atoms with van der Waals surface area (Å²) in [6.45, 7) is 0. The number of hydrogen-bond donors (Lipinski definition) is 0. The highest BCUT2D eigenvalue weighted by molar-refractivity contribution is 6.20. The van der Waals surface area contributed by atoms with Crippen LogP contribution in [-0.2, 0) is 0 Å². The van der Waals surface area contributed by atoms with E-state index in [1.165, 1.54) is 0 Å². The molecule has 0 amide bonds. The first kappa shape index (κ1) is 49.2. The molecule has 0 radical (unpaired) electrons. The number of benzene rings is 8. The van der Waals surface area contributed by atoms with E-state index in [2.05, 4.69) is 73.5 Å². The van der Waals surface area contributed by atoms with Crippen LogP contribution < -0.4 is 14.2 Å². The van der Waals surface area contributed by atoms with E-state index in [9.17, 15) is 9.59 Å². The third-order valence-corrected chi connectivity index (χ3v) is 13.5. The summed E-state index contributed by atoms with van der Waals surface area (Å²) in [6.07, 6.45) is 8.58. The number of fused-ring (bicyclic) bond motifs is 3. The van der Waals surface area contributed by atoms with Crippen LogP contribution in [0.1, 0.15) is 21.2 Å². The predicted octanol–water partition coefficient (Wildman–Crippen LogP) is 15.1. The Balaban J connectivity index is 0.918. The normalized spacial score (nSPS) is 11.1. The Labute approximate surface area is 464 Å². The number of pyridine rings is 3. The molecule has 13 nitrogen and oxygen atoms in total. The Morgan fingerprint density at radius 2 is 0.840 bits per heavy atom. The van der Waals surface area contributed by atoms with E-state index in [-0.39, 0.29) is 17.3 Å². The summed E-state index contributed by atoms with van der Waals surface area (Å²) in [6, 6.07) is 70.7. The summed E-state index contributed by atoms with van der Waals surface area (Å²) in [5, 5.41) is 2.88. The quantitative estimate of drug-likeness (QED) is 0.0609. The minimum atomic E-state index is -0.934. The molecule has 0 atom stereocenters. The zero-order chi connectivity index (χ0) is 54.5. The highest BCUT2D eigenvalue weighted by Gasteiger charge is 2.26. The van der Waals surface area contributed by atoms with Gasteiger partial charge in [0.05, 0.1) is 16.9 Å². The molecule has 0 N–H and O–H groups in total. The van der Waals surface area contributed by atoms with E-state index in [4.69, 9.17) is 29.2 Å². The second-order valence-corrected chi connectivity index (χ2v) is 18.6. The van der Waals surface area contributed by atoms with Crippen molar-refractivity contribution in [3.63, 3.8) is 0 Å². The van der Waals surface area contributed by atoms with Crippen LogP contribution in [0.15, 0.2) is 255 Å². The average Bonchev–Trinajstić information content (AvgIpc) is 3.67. The lowest BCUT2D eigenvalue weighted by molar-refractivity contribution is 0.0712. The number of aromatic nitrogens is 8. The molecule has 8 aromatic carbocycles. The fourth-order valence-corrected chi connectivity index (χ4v) is 9.80. The van der Waals surface area contributed by atoms with Crippen LogP contribution in [0.25, 0.3) is 100 Å². The molecular formula is C68H42N8O5. The zero-order valence-corrected chi connectivity index (χ0v) is 42.9. The molecule has 384 valence electrons. The number of nitrogens with zero attached hydrogens (tertiary/aromatic N) is 8. The number of rotatable bonds is 13. The molecule has 0 unspecified atom stereocenters. The van der Waals surface area contributed by atoms with Gasteiger partial charge in [0.15, 0.2) is 11.6 Å². The maximum atomic E-state index is 14.2. The summed E-state index contributed by atoms with van der Waals surface area (Å²) in [7, 11) is 0. The van der Waals surface area contributed by atoms with Gasteiger partial charge in [-0.1, -0.05) is 109 Å². The highest BCUT2D eigenvalue weighted by Crippen LogP contribution is 2.46. The Morgan fingerprint density at radius 1 is 0.321 bits per heavy atom. The Bertz CT molecular complexity index is 4330. The summed E-state index contributed by atoms with van der Waals surface area (Å²) in [5.74, 6) is -0.865. The van der Waals surface area contributed by atoms with Gasteiger partial charge in [-0.25, -0.2) is 29.5 Å². The number of hydrogen-bond acceptors (Lipinski definition) is 13. The second-order valence-electron chi connectivity index (χ2n) is 18.6. The van der Waals surface area contributed by atoms with Gasteiger partial charge in [-0.2, -0.15) is 4.98 Å². The molecule has 81 heavy (non-hydrogen) atoms. The molecule has 5 aromatic heterocycles. The molecule has 0 aliphatic heterocycles. The SMILES string of the molecule is O=C(Oc1ccc(-c2ccccn2)cc1)c1nc(C(=O)Oc2ccc(-c3ccccn3)cc2)nc(-c2ccccc2-c2ccc(-c3ncccn3)cc2Oc2ccc3c(-c4ccccc4)c(-c4ccccc4)c4cccnc4c3c2)n1. The third-order valence-electron chi connectivity index (χ3n) is 13.5. The van der Waals surface area contributed by atoms with Crippen molar-refractivity contribution in [3.05, 3.63) is 267 Å². The first-order chi connectivity index (χ1) is 40.0. The van der Waals surface area contributed by atoms with E-state index < -0.39 is 23.6 Å². The maximum Gasteiger partial charge on any atom is 0.381 e. The summed E-state index contributed by atoms with van der Waals surface area (Å²) in [5.41, 5.74) is 10.6. The highest BCUT2D eigenvalue weighted by atomic mass is 16.5. The largest absolute Gasteiger partial charge is 0.457 e. The number of carbonyl (C=O) groups excluding carboxylic acids is 2. The summed E-state index contributed by atoms with van der Waals surface area (Å²) < 4.78 is 18.8. The minimum absolute atomic E-state index is 0.0113. The van der Waals surface area contributed by atoms with E-state index >= 15 is 0 Å². The molecule has 0 aliphatic rings. The topological polar surface area (TPSA) is 165 Å². The Morgan fingerprint density at radius 3 is 1.43 bits per heavy atom. The van der Waals surface area contributed by atoms with Crippen LogP contribution in [0, 0.1) is 0 Å². The minimum Gasteiger partial charge on any atom is -0.457 e. The number of esters is 2. The molecule has 0 aliphatic carbocycles. The average molecular weight is 1050 g/mol. The molecule has 13 aromatic rings. The lowest BCUT2D eigenvalue weighted by Crippen LogP contribution is -2.20. The van der Waals surface area contributed by atoms with Gasteiger partial charge < -0.3 is 14.2 Å². The van der Waals surface area contributed by atoms with Crippen molar-refractivity contribution in [1.29, 1.82) is 0 Å². The van der Waals surface area contributed by atoms with Crippen LogP contribution in [-0.4, -0.2) is 51.8 Å². The van der Waals surface area contributed by atoms with E-state index in [0.29, 0.717) is 39.6 Å². The monoisotopic (exact) mass is 1050 g/mol. The maximum absolute atomic E-state index is 14.2. The third kappa shape index (κ3) is 10.2. The van der Waals surface area contributed by atoms with Gasteiger partial charge in [-0.15, -0.1) is 0 Å². The standard InChI is InChI=1S/C68H42N8O5/c77-67(80-48-29-24-43(25-30-48)57-22-9-11-36-69-57)65-74-64(75-66(76-65)68(78)81-49-31-26-44(27-32-49)58-23-10-12-37-70-58)54-20-8-7-19-51(54)52-34-28-47(63-72-39-14-40-73-63)41-59(52)79-50-33-35-53-56(42-50)62-55(21-13-38-71-62)61(46-17-5-2-6-18-46)60(53)45-15-3-1-4-16-45/h1-42H. The van der Waals surface area contributed by atoms with E-state index in [1.54, 1.807) is 85.5 Å². The molecular weight excluding hydrogens is 1010 g/mol. The Hall–Kier alpha value is -11.4. The lowest BCUT2D eigenvalue weighted by atomic mass is 9.86. The van der Waals surface area contributed by atoms with Crippen LogP contribution in [0.2, 0.25) is 0 Å². The van der Waals surface area contributed by atoms with Crippen LogP contribution in [0.5, 0.6) is 23.0 Å². The van der Waals surface area contributed by atoms with Crippen LogP contribution >= 0.6 is 0 Å². The van der Waals surface area contributed by atoms with Gasteiger partial charge in [0.2, 0.25) is 11.6 Å². The van der Waals surface area contributed by atoms with Gasteiger partial charge in [-0.05, 0) is 148 Å². The molecule has 13 heteroatoms. The fourth-order valence-electron chi connectivity index (χ4n) is 9.80. The van der Waals surface area contributed by atoms with Crippen molar-refractivity contribution in [2.45, 2.75) is 0 Å². The van der Waals surface area contributed by atoms with Crippen molar-refractivity contribution in [1.82, 2.24) is 39.9 Å². The van der Waals surface area contributed by atoms with Crippen molar-refractivity contribution in [3.8, 4) is 102 Å². The van der Waals surface area contributed by atoms with Crippen molar-refractivity contribution >= 4 is 33.6 Å². The molecule has 0 bridgehead atoms. The molecule has 13 rings (SSSR count). The fraction of sp³-hybridized carbons (Fsp3) is 0. The van der Waals surface area contributed by atoms with Crippen molar-refractivity contribution in [2.75, 3.05) is 0 Å². The Kier molecular flexibility index (Phi) is 13.3. The van der Waals surface area contributed by atoms with Crippen LogP contribution in [0.3, 0.4) is 0 Å². The second kappa shape index (κ2) is 21.9. The van der Waals surface area contributed by atoms with Gasteiger partial charge >= 0.3 is 11.9 Å². The van der Waals surface area contributed by atoms with Gasteiger partial charge in [0, 0.05) is 69.6 Å². The number of ether oxygens (including phenoxy) is 3.